The molecule has 2 rings (SSSR count). The summed E-state index contributed by atoms with van der Waals surface area (Å²) < 4.78 is 32.1. The fraction of sp³-hybridized carbons (Fsp3) is 0.500. The van der Waals surface area contributed by atoms with Gasteiger partial charge in [0.2, 0.25) is 21.8 Å². The highest BCUT2D eigenvalue weighted by atomic mass is 32.2. The minimum absolute atomic E-state index is 0.0851. The molecule has 0 aromatic heterocycles. The number of carbonyl (C=O) groups is 2. The molecule has 2 amide bonds. The molecular formula is C28H41N3O5S. The first kappa shape index (κ1) is 30.2. The van der Waals surface area contributed by atoms with Crippen molar-refractivity contribution in [1.29, 1.82) is 0 Å². The number of amides is 2. The Hall–Kier alpha value is -3.07. The van der Waals surface area contributed by atoms with Gasteiger partial charge >= 0.3 is 0 Å². The van der Waals surface area contributed by atoms with Crippen molar-refractivity contribution in [2.45, 2.75) is 72.5 Å². The number of carbonyl (C=O) groups excluding carboxylic acids is 2. The molecular weight excluding hydrogens is 490 g/mol. The lowest BCUT2D eigenvalue weighted by Crippen LogP contribution is -2.52. The van der Waals surface area contributed by atoms with Crippen LogP contribution in [0, 0.1) is 6.92 Å². The number of sulfonamides is 1. The quantitative estimate of drug-likeness (QED) is 0.441. The summed E-state index contributed by atoms with van der Waals surface area (Å²) in [6, 6.07) is 14.1. The Balaban J connectivity index is 2.22. The number of anilines is 1. The maximum atomic E-state index is 13.4. The smallest absolute Gasteiger partial charge is 0.242 e. The molecule has 2 aromatic rings. The van der Waals surface area contributed by atoms with E-state index in [4.69, 9.17) is 4.74 Å². The number of rotatable bonds is 12. The number of nitrogens with one attached hydrogen (secondary N) is 1. The van der Waals surface area contributed by atoms with Crippen molar-refractivity contribution in [3.63, 3.8) is 0 Å². The van der Waals surface area contributed by atoms with E-state index >= 15 is 0 Å². The van der Waals surface area contributed by atoms with Crippen LogP contribution in [0.15, 0.2) is 48.5 Å². The summed E-state index contributed by atoms with van der Waals surface area (Å²) in [5.74, 6) is 0.00951. The Labute approximate surface area is 222 Å². The number of aryl methyl sites for hydroxylation is 1. The minimum atomic E-state index is -3.62. The van der Waals surface area contributed by atoms with Gasteiger partial charge in [0.15, 0.2) is 0 Å². The predicted octanol–water partition coefficient (Wildman–Crippen LogP) is 4.27. The molecule has 1 N–H and O–H groups in total. The molecule has 204 valence electrons. The number of hydrogen-bond acceptors (Lipinski definition) is 5. The van der Waals surface area contributed by atoms with Crippen molar-refractivity contribution in [3.05, 3.63) is 59.7 Å². The van der Waals surface area contributed by atoms with Crippen LogP contribution in [0.1, 0.15) is 58.6 Å². The summed E-state index contributed by atoms with van der Waals surface area (Å²) in [6.07, 6.45) is 1.51. The zero-order valence-electron chi connectivity index (χ0n) is 23.1. The molecule has 0 heterocycles. The van der Waals surface area contributed by atoms with Crippen molar-refractivity contribution >= 4 is 27.5 Å². The number of benzene rings is 2. The zero-order valence-corrected chi connectivity index (χ0v) is 23.9. The largest absolute Gasteiger partial charge is 0.492 e. The highest BCUT2D eigenvalue weighted by Crippen LogP contribution is 2.30. The lowest BCUT2D eigenvalue weighted by Gasteiger charge is -2.32. The molecule has 9 heteroatoms. The Kier molecular flexibility index (Phi) is 10.5. The molecule has 0 saturated heterocycles. The summed E-state index contributed by atoms with van der Waals surface area (Å²) >= 11 is 0. The molecule has 0 saturated carbocycles. The van der Waals surface area contributed by atoms with Crippen LogP contribution in [0.4, 0.5) is 5.69 Å². The number of ether oxygens (including phenoxy) is 1. The van der Waals surface area contributed by atoms with Gasteiger partial charge in [0, 0.05) is 25.0 Å². The third-order valence-corrected chi connectivity index (χ3v) is 6.90. The molecule has 8 nitrogen and oxygen atoms in total. The summed E-state index contributed by atoms with van der Waals surface area (Å²) in [7, 11) is -3.62. The molecule has 0 radical (unpaired) electrons. The van der Waals surface area contributed by atoms with E-state index < -0.39 is 21.6 Å². The molecule has 0 bridgehead atoms. The standard InChI is InChI=1S/C28H41N3O5S/c1-8-36-25-13-10-9-12-24(25)31(37(7,34)35)19-11-14-26(32)30(20-23-17-15-21(2)16-18-23)22(3)27(33)29-28(4,5)6/h9-10,12-13,15-18,22H,8,11,14,19-20H2,1-7H3,(H,29,33)/t22-/m0/s1. The van der Waals surface area contributed by atoms with Crippen LogP contribution in [-0.2, 0) is 26.2 Å². The van der Waals surface area contributed by atoms with Gasteiger partial charge in [0.05, 0.1) is 18.6 Å². The monoisotopic (exact) mass is 531 g/mol. The summed E-state index contributed by atoms with van der Waals surface area (Å²) in [4.78, 5) is 27.9. The lowest BCUT2D eigenvalue weighted by molar-refractivity contribution is -0.141. The van der Waals surface area contributed by atoms with Crippen molar-refractivity contribution < 1.29 is 22.7 Å². The van der Waals surface area contributed by atoms with Crippen molar-refractivity contribution in [1.82, 2.24) is 10.2 Å². The predicted molar refractivity (Wildman–Crippen MR) is 148 cm³/mol. The Bertz CT molecular complexity index is 1160. The van der Waals surface area contributed by atoms with E-state index in [0.717, 1.165) is 17.4 Å². The summed E-state index contributed by atoms with van der Waals surface area (Å²) in [6.45, 7) is 12.0. The van der Waals surface area contributed by atoms with E-state index in [1.807, 2.05) is 58.9 Å². The van der Waals surface area contributed by atoms with E-state index in [9.17, 15) is 18.0 Å². The van der Waals surface area contributed by atoms with Crippen LogP contribution < -0.4 is 14.4 Å². The molecule has 2 aromatic carbocycles. The topological polar surface area (TPSA) is 96.0 Å². The first-order valence-electron chi connectivity index (χ1n) is 12.6. The summed E-state index contributed by atoms with van der Waals surface area (Å²) in [5.41, 5.74) is 2.02. The van der Waals surface area contributed by atoms with Gasteiger partial charge in [-0.1, -0.05) is 42.0 Å². The molecule has 0 unspecified atom stereocenters. The SMILES string of the molecule is CCOc1ccccc1N(CCCC(=O)N(Cc1ccc(C)cc1)[C@@H](C)C(=O)NC(C)(C)C)S(C)(=O)=O. The molecule has 1 atom stereocenters. The fourth-order valence-corrected chi connectivity index (χ4v) is 4.84. The van der Waals surface area contributed by atoms with E-state index in [1.54, 1.807) is 36.1 Å². The number of hydrogen-bond donors (Lipinski definition) is 1. The van der Waals surface area contributed by atoms with E-state index in [-0.39, 0.29) is 37.7 Å². The van der Waals surface area contributed by atoms with Gasteiger partial charge in [-0.25, -0.2) is 8.42 Å². The molecule has 37 heavy (non-hydrogen) atoms. The molecule has 0 aliphatic heterocycles. The second kappa shape index (κ2) is 12.9. The fourth-order valence-electron chi connectivity index (χ4n) is 3.87. The van der Waals surface area contributed by atoms with Crippen LogP contribution in [0.2, 0.25) is 0 Å². The Morgan fingerprint density at radius 1 is 1.05 bits per heavy atom. The van der Waals surface area contributed by atoms with Gasteiger partial charge in [-0.05, 0) is 65.7 Å². The highest BCUT2D eigenvalue weighted by Gasteiger charge is 2.29. The van der Waals surface area contributed by atoms with E-state index in [0.29, 0.717) is 18.0 Å². The zero-order chi connectivity index (χ0) is 27.8. The van der Waals surface area contributed by atoms with Crippen molar-refractivity contribution in [3.8, 4) is 5.75 Å². The normalized spacial score (nSPS) is 12.5. The third-order valence-electron chi connectivity index (χ3n) is 5.72. The van der Waals surface area contributed by atoms with Gasteiger partial charge in [-0.3, -0.25) is 13.9 Å². The van der Waals surface area contributed by atoms with Crippen molar-refractivity contribution in [2.24, 2.45) is 0 Å². The van der Waals surface area contributed by atoms with Gasteiger partial charge in [-0.15, -0.1) is 0 Å². The lowest BCUT2D eigenvalue weighted by atomic mass is 10.1. The van der Waals surface area contributed by atoms with Crippen molar-refractivity contribution in [2.75, 3.05) is 23.7 Å². The Morgan fingerprint density at radius 3 is 2.24 bits per heavy atom. The Morgan fingerprint density at radius 2 is 1.68 bits per heavy atom. The summed E-state index contributed by atoms with van der Waals surface area (Å²) in [5, 5.41) is 2.95. The molecule has 0 aliphatic carbocycles. The van der Waals surface area contributed by atoms with Gasteiger partial charge in [-0.2, -0.15) is 0 Å². The first-order valence-corrected chi connectivity index (χ1v) is 14.4. The number of para-hydroxylation sites is 2. The van der Waals surface area contributed by atoms with E-state index in [1.165, 1.54) is 4.31 Å². The molecule has 0 spiro atoms. The second-order valence-electron chi connectivity index (χ2n) is 10.3. The molecule has 0 fully saturated rings. The van der Waals surface area contributed by atoms with Crippen LogP contribution in [0.25, 0.3) is 0 Å². The molecule has 0 aliphatic rings. The maximum absolute atomic E-state index is 13.4. The second-order valence-corrected chi connectivity index (χ2v) is 12.2. The highest BCUT2D eigenvalue weighted by molar-refractivity contribution is 7.92. The average Bonchev–Trinajstić information content (AvgIpc) is 2.80. The first-order chi connectivity index (χ1) is 17.2. The van der Waals surface area contributed by atoms with Crippen LogP contribution >= 0.6 is 0 Å². The van der Waals surface area contributed by atoms with Gasteiger partial charge < -0.3 is 15.0 Å². The minimum Gasteiger partial charge on any atom is -0.492 e. The van der Waals surface area contributed by atoms with Gasteiger partial charge in [0.25, 0.3) is 0 Å². The van der Waals surface area contributed by atoms with E-state index in [2.05, 4.69) is 5.32 Å². The third kappa shape index (κ3) is 9.39. The van der Waals surface area contributed by atoms with Crippen LogP contribution in [-0.4, -0.2) is 56.1 Å². The van der Waals surface area contributed by atoms with Gasteiger partial charge in [0.1, 0.15) is 11.8 Å². The average molecular weight is 532 g/mol. The number of nitrogens with zero attached hydrogens (tertiary/aromatic N) is 2. The maximum Gasteiger partial charge on any atom is 0.242 e. The van der Waals surface area contributed by atoms with Crippen LogP contribution in [0.3, 0.4) is 0 Å². The van der Waals surface area contributed by atoms with Crippen LogP contribution in [0.5, 0.6) is 5.75 Å².